The average molecular weight is 277 g/mol. The number of hydrogen-bond acceptors (Lipinski definition) is 1. The van der Waals surface area contributed by atoms with Crippen molar-refractivity contribution >= 4 is 5.57 Å². The second-order valence-electron chi connectivity index (χ2n) is 5.51. The van der Waals surface area contributed by atoms with Gasteiger partial charge in [0.05, 0.1) is 0 Å². The van der Waals surface area contributed by atoms with Gasteiger partial charge < -0.3 is 5.32 Å². The SMILES string of the molecule is C=C(/C=C(\C)NCc1ccc(C)cc1)c1ccccc1C. The van der Waals surface area contributed by atoms with Gasteiger partial charge in [-0.3, -0.25) is 0 Å². The van der Waals surface area contributed by atoms with Gasteiger partial charge in [-0.2, -0.15) is 0 Å². The fraction of sp³-hybridized carbons (Fsp3) is 0.200. The summed E-state index contributed by atoms with van der Waals surface area (Å²) in [6.45, 7) is 11.3. The molecule has 2 aromatic carbocycles. The van der Waals surface area contributed by atoms with Crippen molar-refractivity contribution < 1.29 is 0 Å². The molecule has 1 nitrogen and oxygen atoms in total. The Morgan fingerprint density at radius 3 is 2.38 bits per heavy atom. The molecule has 21 heavy (non-hydrogen) atoms. The van der Waals surface area contributed by atoms with Gasteiger partial charge >= 0.3 is 0 Å². The van der Waals surface area contributed by atoms with Crippen LogP contribution in [0.15, 0.2) is 66.9 Å². The van der Waals surface area contributed by atoms with Gasteiger partial charge in [-0.15, -0.1) is 0 Å². The van der Waals surface area contributed by atoms with Crippen LogP contribution in [0.5, 0.6) is 0 Å². The van der Waals surface area contributed by atoms with Crippen molar-refractivity contribution in [3.05, 3.63) is 89.1 Å². The number of allylic oxidation sites excluding steroid dienone is 3. The fourth-order valence-electron chi connectivity index (χ4n) is 2.27. The third kappa shape index (κ3) is 4.35. The van der Waals surface area contributed by atoms with Gasteiger partial charge in [0, 0.05) is 12.2 Å². The molecule has 0 saturated carbocycles. The van der Waals surface area contributed by atoms with Crippen LogP contribution >= 0.6 is 0 Å². The first-order valence-electron chi connectivity index (χ1n) is 7.29. The molecule has 0 unspecified atom stereocenters. The molecular weight excluding hydrogens is 254 g/mol. The lowest BCUT2D eigenvalue weighted by molar-refractivity contribution is 0.812. The van der Waals surface area contributed by atoms with Crippen molar-refractivity contribution in [1.29, 1.82) is 0 Å². The van der Waals surface area contributed by atoms with Crippen LogP contribution < -0.4 is 5.32 Å². The maximum absolute atomic E-state index is 4.18. The summed E-state index contributed by atoms with van der Waals surface area (Å²) >= 11 is 0. The Labute approximate surface area is 128 Å². The Bertz CT molecular complexity index is 648. The van der Waals surface area contributed by atoms with Crippen molar-refractivity contribution in [1.82, 2.24) is 5.32 Å². The van der Waals surface area contributed by atoms with E-state index in [0.717, 1.165) is 17.8 Å². The molecule has 1 N–H and O–H groups in total. The Morgan fingerprint density at radius 2 is 1.71 bits per heavy atom. The normalized spacial score (nSPS) is 11.3. The van der Waals surface area contributed by atoms with Gasteiger partial charge in [-0.1, -0.05) is 60.7 Å². The molecule has 0 aliphatic rings. The number of rotatable bonds is 5. The second kappa shape index (κ2) is 6.94. The molecule has 0 aliphatic carbocycles. The first-order valence-corrected chi connectivity index (χ1v) is 7.29. The van der Waals surface area contributed by atoms with Gasteiger partial charge in [-0.05, 0) is 49.1 Å². The Hall–Kier alpha value is -2.28. The standard InChI is InChI=1S/C20H23N/c1-15-9-11-19(12-10-15)14-21-18(4)13-17(3)20-8-6-5-7-16(20)2/h5-13,21H,3,14H2,1-2,4H3/b18-13+. The third-order valence-electron chi connectivity index (χ3n) is 3.57. The minimum atomic E-state index is 0.837. The number of benzene rings is 2. The summed E-state index contributed by atoms with van der Waals surface area (Å²) in [5.41, 5.74) is 7.21. The lowest BCUT2D eigenvalue weighted by atomic mass is 10.0. The quantitative estimate of drug-likeness (QED) is 0.757. The summed E-state index contributed by atoms with van der Waals surface area (Å²) < 4.78 is 0. The molecular formula is C20H23N. The molecule has 108 valence electrons. The minimum Gasteiger partial charge on any atom is -0.384 e. The Morgan fingerprint density at radius 1 is 1.05 bits per heavy atom. The predicted octanol–water partition coefficient (Wildman–Crippen LogP) is 5.01. The third-order valence-corrected chi connectivity index (χ3v) is 3.57. The van der Waals surface area contributed by atoms with E-state index in [0.29, 0.717) is 0 Å². The summed E-state index contributed by atoms with van der Waals surface area (Å²) in [5.74, 6) is 0. The molecule has 1 heteroatoms. The van der Waals surface area contributed by atoms with Crippen LogP contribution in [0.25, 0.3) is 5.57 Å². The van der Waals surface area contributed by atoms with Gasteiger partial charge in [0.1, 0.15) is 0 Å². The summed E-state index contributed by atoms with van der Waals surface area (Å²) in [7, 11) is 0. The molecule has 0 fully saturated rings. The number of hydrogen-bond donors (Lipinski definition) is 1. The highest BCUT2D eigenvalue weighted by atomic mass is 14.9. The minimum absolute atomic E-state index is 0.837. The summed E-state index contributed by atoms with van der Waals surface area (Å²) in [6, 6.07) is 16.9. The van der Waals surface area contributed by atoms with Gasteiger partial charge in [-0.25, -0.2) is 0 Å². The maximum atomic E-state index is 4.18. The molecule has 0 heterocycles. The lowest BCUT2D eigenvalue weighted by Gasteiger charge is -2.10. The highest BCUT2D eigenvalue weighted by molar-refractivity contribution is 5.74. The van der Waals surface area contributed by atoms with E-state index in [4.69, 9.17) is 0 Å². The van der Waals surface area contributed by atoms with Crippen LogP contribution in [0, 0.1) is 13.8 Å². The lowest BCUT2D eigenvalue weighted by Crippen LogP contribution is -2.10. The largest absolute Gasteiger partial charge is 0.384 e. The highest BCUT2D eigenvalue weighted by Gasteiger charge is 2.00. The fourth-order valence-corrected chi connectivity index (χ4v) is 2.27. The van der Waals surface area contributed by atoms with Crippen molar-refractivity contribution in [3.8, 4) is 0 Å². The first-order chi connectivity index (χ1) is 10.1. The zero-order valence-electron chi connectivity index (χ0n) is 13.1. The first kappa shape index (κ1) is 15.1. The van der Waals surface area contributed by atoms with Crippen LogP contribution in [0.2, 0.25) is 0 Å². The van der Waals surface area contributed by atoms with E-state index in [9.17, 15) is 0 Å². The smallest absolute Gasteiger partial charge is 0.0397 e. The van der Waals surface area contributed by atoms with Crippen molar-refractivity contribution in [2.24, 2.45) is 0 Å². The summed E-state index contributed by atoms with van der Waals surface area (Å²) in [6.07, 6.45) is 2.11. The molecule has 0 amide bonds. The van der Waals surface area contributed by atoms with Crippen molar-refractivity contribution in [2.45, 2.75) is 27.3 Å². The van der Waals surface area contributed by atoms with Crippen LogP contribution in [-0.2, 0) is 6.54 Å². The van der Waals surface area contributed by atoms with E-state index in [1.807, 2.05) is 0 Å². The van der Waals surface area contributed by atoms with E-state index >= 15 is 0 Å². The summed E-state index contributed by atoms with van der Waals surface area (Å²) in [5, 5.41) is 3.44. The molecule has 0 aliphatic heterocycles. The van der Waals surface area contributed by atoms with Crippen LogP contribution in [0.4, 0.5) is 0 Å². The monoisotopic (exact) mass is 277 g/mol. The molecule has 0 saturated heterocycles. The van der Waals surface area contributed by atoms with E-state index in [1.54, 1.807) is 0 Å². The zero-order valence-corrected chi connectivity index (χ0v) is 13.1. The molecule has 0 atom stereocenters. The van der Waals surface area contributed by atoms with E-state index < -0.39 is 0 Å². The van der Waals surface area contributed by atoms with Crippen LogP contribution in [0.1, 0.15) is 29.2 Å². The van der Waals surface area contributed by atoms with Gasteiger partial charge in [0.15, 0.2) is 0 Å². The molecule has 0 aromatic heterocycles. The van der Waals surface area contributed by atoms with E-state index in [2.05, 4.69) is 87.3 Å². The van der Waals surface area contributed by atoms with Crippen molar-refractivity contribution in [2.75, 3.05) is 0 Å². The van der Waals surface area contributed by atoms with Crippen LogP contribution in [0.3, 0.4) is 0 Å². The molecule has 0 spiro atoms. The second-order valence-corrected chi connectivity index (χ2v) is 5.51. The zero-order chi connectivity index (χ0) is 15.2. The Balaban J connectivity index is 1.99. The van der Waals surface area contributed by atoms with E-state index in [1.165, 1.54) is 22.3 Å². The highest BCUT2D eigenvalue weighted by Crippen LogP contribution is 2.18. The predicted molar refractivity (Wildman–Crippen MR) is 92.0 cm³/mol. The van der Waals surface area contributed by atoms with Gasteiger partial charge in [0.25, 0.3) is 0 Å². The Kier molecular flexibility index (Phi) is 4.99. The number of aryl methyl sites for hydroxylation is 2. The topological polar surface area (TPSA) is 12.0 Å². The number of nitrogens with one attached hydrogen (secondary N) is 1. The maximum Gasteiger partial charge on any atom is 0.0397 e. The van der Waals surface area contributed by atoms with Crippen molar-refractivity contribution in [3.63, 3.8) is 0 Å². The summed E-state index contributed by atoms with van der Waals surface area (Å²) in [4.78, 5) is 0. The molecule has 2 rings (SSSR count). The molecule has 0 radical (unpaired) electrons. The molecule has 0 bridgehead atoms. The van der Waals surface area contributed by atoms with Crippen LogP contribution in [-0.4, -0.2) is 0 Å². The molecule has 2 aromatic rings. The average Bonchev–Trinajstić information content (AvgIpc) is 2.47. The van der Waals surface area contributed by atoms with Gasteiger partial charge in [0.2, 0.25) is 0 Å². The van der Waals surface area contributed by atoms with E-state index in [-0.39, 0.29) is 0 Å².